The van der Waals surface area contributed by atoms with Crippen LogP contribution in [0.5, 0.6) is 11.8 Å². The van der Waals surface area contributed by atoms with E-state index < -0.39 is 41.1 Å². The van der Waals surface area contributed by atoms with Crippen LogP contribution in [-0.2, 0) is 14.3 Å². The zero-order chi connectivity index (χ0) is 19.4. The lowest BCUT2D eigenvalue weighted by atomic mass is 10.2. The van der Waals surface area contributed by atoms with E-state index in [1.165, 1.54) is 0 Å². The number of nitrogens with zero attached hydrogens (tertiary/aromatic N) is 1. The number of ether oxygens (including phenoxy) is 2. The van der Waals surface area contributed by atoms with Gasteiger partial charge in [0.25, 0.3) is 0 Å². The smallest absolute Gasteiger partial charge is 0.407 e. The molecule has 1 amide bonds. The Morgan fingerprint density at radius 2 is 1.60 bits per heavy atom. The van der Waals surface area contributed by atoms with Gasteiger partial charge in [-0.3, -0.25) is 0 Å². The minimum absolute atomic E-state index is 0.214. The van der Waals surface area contributed by atoms with Crippen LogP contribution in [0.4, 0.5) is 4.79 Å². The Hall–Kier alpha value is -2.42. The summed E-state index contributed by atoms with van der Waals surface area (Å²) < 4.78 is 11.2. The fraction of sp³-hybridized carbons (Fsp3) is 0.625. The van der Waals surface area contributed by atoms with E-state index in [2.05, 4.69) is 5.32 Å². The van der Waals surface area contributed by atoms with E-state index in [0.717, 1.165) is 12.1 Å². The van der Waals surface area contributed by atoms with Gasteiger partial charge in [0.15, 0.2) is 6.10 Å². The van der Waals surface area contributed by atoms with Gasteiger partial charge in [-0.15, -0.1) is 4.73 Å². The summed E-state index contributed by atoms with van der Waals surface area (Å²) >= 11 is 0. The van der Waals surface area contributed by atoms with Crippen LogP contribution in [0.3, 0.4) is 0 Å². The number of hydrogen-bond donors (Lipinski definition) is 3. The molecule has 0 aliphatic heterocycles. The molecular weight excluding hydrogens is 332 g/mol. The lowest BCUT2D eigenvalue weighted by Crippen LogP contribution is -2.46. The molecule has 0 saturated carbocycles. The summed E-state index contributed by atoms with van der Waals surface area (Å²) in [7, 11) is 0. The van der Waals surface area contributed by atoms with Crippen molar-refractivity contribution in [3.63, 3.8) is 0 Å². The summed E-state index contributed by atoms with van der Waals surface area (Å²) in [6, 6.07) is 2.31. The summed E-state index contributed by atoms with van der Waals surface area (Å²) in [6.45, 7) is 10.1. The predicted octanol–water partition coefficient (Wildman–Crippen LogP) is 1.56. The van der Waals surface area contributed by atoms with Crippen molar-refractivity contribution >= 4 is 12.1 Å². The van der Waals surface area contributed by atoms with Gasteiger partial charge in [-0.1, -0.05) is 0 Å². The number of nitrogens with one attached hydrogen (secondary N) is 1. The quantitative estimate of drug-likeness (QED) is 0.731. The predicted molar refractivity (Wildman–Crippen MR) is 88.2 cm³/mol. The first-order valence-corrected chi connectivity index (χ1v) is 7.75. The van der Waals surface area contributed by atoms with E-state index in [4.69, 9.17) is 14.3 Å². The molecule has 0 aromatic carbocycles. The van der Waals surface area contributed by atoms with Gasteiger partial charge in [-0.05, 0) is 41.5 Å². The standard InChI is InChI=1S/C16H26N2O7/c1-15(2,3)23-10(9-17-14(22)24-16(4,5)6)13(21)25-18-11(19)7-8-12(18)20/h7-8,10,19-20H,9H2,1-6H3,(H,17,22). The molecule has 0 aliphatic rings. The van der Waals surface area contributed by atoms with Gasteiger partial charge in [-0.2, -0.15) is 0 Å². The molecule has 0 aliphatic carbocycles. The number of hydrogen-bond acceptors (Lipinski definition) is 7. The van der Waals surface area contributed by atoms with E-state index >= 15 is 0 Å². The molecule has 1 aromatic rings. The zero-order valence-electron chi connectivity index (χ0n) is 15.3. The maximum atomic E-state index is 12.3. The van der Waals surface area contributed by atoms with Crippen molar-refractivity contribution in [2.75, 3.05) is 6.54 Å². The lowest BCUT2D eigenvalue weighted by Gasteiger charge is -2.27. The Labute approximate surface area is 146 Å². The Balaban J connectivity index is 2.79. The fourth-order valence-electron chi connectivity index (χ4n) is 1.73. The van der Waals surface area contributed by atoms with E-state index in [1.807, 2.05) is 0 Å². The summed E-state index contributed by atoms with van der Waals surface area (Å²) in [5.74, 6) is -1.83. The van der Waals surface area contributed by atoms with Gasteiger partial charge in [0.1, 0.15) is 5.60 Å². The molecule has 25 heavy (non-hydrogen) atoms. The Bertz CT molecular complexity index is 591. The summed E-state index contributed by atoms with van der Waals surface area (Å²) in [6.07, 6.45) is -1.90. The molecule has 9 nitrogen and oxygen atoms in total. The van der Waals surface area contributed by atoms with E-state index in [1.54, 1.807) is 41.5 Å². The molecule has 3 N–H and O–H groups in total. The first-order chi connectivity index (χ1) is 11.3. The van der Waals surface area contributed by atoms with E-state index in [-0.39, 0.29) is 6.54 Å². The molecule has 0 spiro atoms. The highest BCUT2D eigenvalue weighted by atomic mass is 16.7. The second-order valence-corrected chi connectivity index (χ2v) is 7.36. The van der Waals surface area contributed by atoms with Gasteiger partial charge in [-0.25, -0.2) is 9.59 Å². The Morgan fingerprint density at radius 3 is 2.04 bits per heavy atom. The molecule has 142 valence electrons. The minimum atomic E-state index is -1.19. The van der Waals surface area contributed by atoms with E-state index in [9.17, 15) is 19.8 Å². The molecule has 9 heteroatoms. The number of rotatable bonds is 5. The third kappa shape index (κ3) is 7.34. The van der Waals surface area contributed by atoms with Crippen LogP contribution in [-0.4, -0.2) is 50.9 Å². The molecule has 0 saturated heterocycles. The van der Waals surface area contributed by atoms with Crippen LogP contribution in [0.25, 0.3) is 0 Å². The van der Waals surface area contributed by atoms with Crippen molar-refractivity contribution in [1.82, 2.24) is 10.0 Å². The van der Waals surface area contributed by atoms with Gasteiger partial charge < -0.3 is 29.8 Å². The van der Waals surface area contributed by atoms with Crippen LogP contribution >= 0.6 is 0 Å². The zero-order valence-corrected chi connectivity index (χ0v) is 15.3. The van der Waals surface area contributed by atoms with Crippen molar-refractivity contribution in [2.45, 2.75) is 58.8 Å². The van der Waals surface area contributed by atoms with Gasteiger partial charge in [0, 0.05) is 12.1 Å². The van der Waals surface area contributed by atoms with Crippen molar-refractivity contribution in [2.24, 2.45) is 0 Å². The first-order valence-electron chi connectivity index (χ1n) is 7.75. The fourth-order valence-corrected chi connectivity index (χ4v) is 1.73. The van der Waals surface area contributed by atoms with Gasteiger partial charge in [0.2, 0.25) is 11.8 Å². The monoisotopic (exact) mass is 358 g/mol. The lowest BCUT2D eigenvalue weighted by molar-refractivity contribution is -0.167. The number of carbonyl (C=O) groups is 2. The SMILES string of the molecule is CC(C)(C)OC(=O)NCC(OC(C)(C)C)C(=O)On1c(O)ccc1O. The Morgan fingerprint density at radius 1 is 1.08 bits per heavy atom. The third-order valence-corrected chi connectivity index (χ3v) is 2.57. The Kier molecular flexibility index (Phi) is 6.31. The number of amides is 1. The first kappa shape index (κ1) is 20.6. The molecule has 1 unspecified atom stereocenters. The van der Waals surface area contributed by atoms with Gasteiger partial charge >= 0.3 is 12.1 Å². The molecule has 1 atom stereocenters. The molecule has 1 rings (SSSR count). The third-order valence-electron chi connectivity index (χ3n) is 2.57. The maximum absolute atomic E-state index is 12.3. The van der Waals surface area contributed by atoms with Crippen molar-refractivity contribution in [3.8, 4) is 11.8 Å². The van der Waals surface area contributed by atoms with E-state index in [0.29, 0.717) is 4.73 Å². The molecule has 1 aromatic heterocycles. The number of aromatic nitrogens is 1. The topological polar surface area (TPSA) is 119 Å². The average molecular weight is 358 g/mol. The molecule has 0 fully saturated rings. The van der Waals surface area contributed by atoms with Crippen LogP contribution in [0.15, 0.2) is 12.1 Å². The molecule has 0 radical (unpaired) electrons. The maximum Gasteiger partial charge on any atom is 0.407 e. The van der Waals surface area contributed by atoms with Crippen molar-refractivity contribution < 1.29 is 34.1 Å². The van der Waals surface area contributed by atoms with Crippen molar-refractivity contribution in [1.29, 1.82) is 0 Å². The summed E-state index contributed by atoms with van der Waals surface area (Å²) in [5, 5.41) is 21.5. The van der Waals surface area contributed by atoms with Crippen molar-refractivity contribution in [3.05, 3.63) is 12.1 Å². The highest BCUT2D eigenvalue weighted by Crippen LogP contribution is 2.19. The minimum Gasteiger partial charge on any atom is -0.492 e. The largest absolute Gasteiger partial charge is 0.492 e. The second-order valence-electron chi connectivity index (χ2n) is 7.36. The molecule has 0 bridgehead atoms. The number of alkyl carbamates (subject to hydrolysis) is 1. The number of aromatic hydroxyl groups is 2. The summed E-state index contributed by atoms with van der Waals surface area (Å²) in [4.78, 5) is 29.0. The van der Waals surface area contributed by atoms with Crippen LogP contribution < -0.4 is 10.2 Å². The van der Waals surface area contributed by atoms with Crippen LogP contribution in [0.2, 0.25) is 0 Å². The highest BCUT2D eigenvalue weighted by molar-refractivity contribution is 5.77. The summed E-state index contributed by atoms with van der Waals surface area (Å²) in [5.41, 5.74) is -1.40. The molecular formula is C16H26N2O7. The molecule has 1 heterocycles. The average Bonchev–Trinajstić information content (AvgIpc) is 2.72. The van der Waals surface area contributed by atoms with Crippen LogP contribution in [0, 0.1) is 0 Å². The highest BCUT2D eigenvalue weighted by Gasteiger charge is 2.30. The normalized spacial score (nSPS) is 13.2. The number of carbonyl (C=O) groups excluding carboxylic acids is 2. The van der Waals surface area contributed by atoms with Gasteiger partial charge in [0.05, 0.1) is 12.1 Å². The van der Waals surface area contributed by atoms with Crippen LogP contribution in [0.1, 0.15) is 41.5 Å². The second kappa shape index (κ2) is 7.64.